The molecule has 8 nitrogen and oxygen atoms in total. The third-order valence-corrected chi connectivity index (χ3v) is 7.14. The number of aromatic nitrogens is 2. The molecule has 1 aliphatic rings. The molecule has 0 radical (unpaired) electrons. The van der Waals surface area contributed by atoms with E-state index >= 15 is 0 Å². The van der Waals surface area contributed by atoms with E-state index in [-0.39, 0.29) is 17.7 Å². The third kappa shape index (κ3) is 4.95. The molecule has 4 rings (SSSR count). The van der Waals surface area contributed by atoms with Crippen molar-refractivity contribution in [1.29, 1.82) is 0 Å². The van der Waals surface area contributed by atoms with E-state index in [0.29, 0.717) is 30.3 Å². The molecule has 1 atom stereocenters. The Bertz CT molecular complexity index is 1230. The summed E-state index contributed by atoms with van der Waals surface area (Å²) in [6, 6.07) is 15.1. The fraction of sp³-hybridized carbons (Fsp3) is 0.261. The largest absolute Gasteiger partial charge is 0.311 e. The van der Waals surface area contributed by atoms with E-state index in [1.54, 1.807) is 31.5 Å². The van der Waals surface area contributed by atoms with Crippen LogP contribution in [-0.4, -0.2) is 42.6 Å². The van der Waals surface area contributed by atoms with Gasteiger partial charge in [-0.2, -0.15) is 0 Å². The molecule has 3 heterocycles. The van der Waals surface area contributed by atoms with Crippen molar-refractivity contribution >= 4 is 27.4 Å². The maximum absolute atomic E-state index is 13.0. The Morgan fingerprint density at radius 3 is 2.66 bits per heavy atom. The topological polar surface area (TPSA) is 104 Å². The van der Waals surface area contributed by atoms with Crippen molar-refractivity contribution in [1.82, 2.24) is 15.3 Å². The van der Waals surface area contributed by atoms with E-state index in [4.69, 9.17) is 0 Å². The normalized spacial score (nSPS) is 17.3. The number of amides is 1. The fourth-order valence-electron chi connectivity index (χ4n) is 3.73. The first-order valence-corrected chi connectivity index (χ1v) is 11.9. The molecule has 166 valence electrons. The van der Waals surface area contributed by atoms with Gasteiger partial charge < -0.3 is 10.6 Å². The molecule has 3 aromatic rings. The zero-order valence-corrected chi connectivity index (χ0v) is 18.8. The van der Waals surface area contributed by atoms with Crippen LogP contribution in [0.25, 0.3) is 11.1 Å². The van der Waals surface area contributed by atoms with Crippen molar-refractivity contribution in [3.05, 3.63) is 72.2 Å². The SMILES string of the molecule is CC(=O)Nc1cc(-c2cnc(C)c(N3CC(NCc4ccccc4)CS3(=O)=O)c2)ccn1. The highest BCUT2D eigenvalue weighted by Gasteiger charge is 2.37. The van der Waals surface area contributed by atoms with Gasteiger partial charge in [0.05, 0.1) is 23.7 Å². The van der Waals surface area contributed by atoms with Crippen LogP contribution >= 0.6 is 0 Å². The molecule has 2 aromatic heterocycles. The third-order valence-electron chi connectivity index (χ3n) is 5.30. The Morgan fingerprint density at radius 1 is 1.12 bits per heavy atom. The number of nitrogens with one attached hydrogen (secondary N) is 2. The molecule has 1 amide bonds. The zero-order valence-electron chi connectivity index (χ0n) is 17.9. The van der Waals surface area contributed by atoms with Crippen LogP contribution in [0.3, 0.4) is 0 Å². The molecule has 1 saturated heterocycles. The summed E-state index contributed by atoms with van der Waals surface area (Å²) in [6.45, 7) is 4.17. The molecule has 1 unspecified atom stereocenters. The van der Waals surface area contributed by atoms with E-state index in [2.05, 4.69) is 20.6 Å². The van der Waals surface area contributed by atoms with E-state index in [9.17, 15) is 13.2 Å². The van der Waals surface area contributed by atoms with Gasteiger partial charge in [-0.3, -0.25) is 14.1 Å². The second-order valence-electron chi connectivity index (χ2n) is 7.81. The van der Waals surface area contributed by atoms with Gasteiger partial charge in [0.2, 0.25) is 15.9 Å². The first-order chi connectivity index (χ1) is 15.3. The number of benzene rings is 1. The maximum atomic E-state index is 13.0. The number of hydrogen-bond donors (Lipinski definition) is 2. The number of rotatable bonds is 6. The Hall–Kier alpha value is -3.30. The molecule has 1 aliphatic heterocycles. The number of nitrogens with zero attached hydrogens (tertiary/aromatic N) is 3. The number of aryl methyl sites for hydroxylation is 1. The average molecular weight is 452 g/mol. The minimum Gasteiger partial charge on any atom is -0.311 e. The van der Waals surface area contributed by atoms with Crippen LogP contribution in [0.15, 0.2) is 60.9 Å². The molecule has 0 spiro atoms. The number of hydrogen-bond acceptors (Lipinski definition) is 6. The summed E-state index contributed by atoms with van der Waals surface area (Å²) >= 11 is 0. The Labute approximate surface area is 187 Å². The van der Waals surface area contributed by atoms with Gasteiger partial charge in [0, 0.05) is 37.5 Å². The average Bonchev–Trinajstić information content (AvgIpc) is 3.07. The number of anilines is 2. The van der Waals surface area contributed by atoms with Crippen LogP contribution in [0.1, 0.15) is 18.2 Å². The van der Waals surface area contributed by atoms with Crippen molar-refractivity contribution < 1.29 is 13.2 Å². The van der Waals surface area contributed by atoms with Gasteiger partial charge >= 0.3 is 0 Å². The molecule has 1 fully saturated rings. The van der Waals surface area contributed by atoms with Gasteiger partial charge in [0.25, 0.3) is 0 Å². The lowest BCUT2D eigenvalue weighted by molar-refractivity contribution is -0.114. The summed E-state index contributed by atoms with van der Waals surface area (Å²) in [6.07, 6.45) is 3.29. The summed E-state index contributed by atoms with van der Waals surface area (Å²) in [4.78, 5) is 19.9. The summed E-state index contributed by atoms with van der Waals surface area (Å²) in [5, 5.41) is 6.01. The summed E-state index contributed by atoms with van der Waals surface area (Å²) in [5.41, 5.74) is 3.83. The van der Waals surface area contributed by atoms with Crippen LogP contribution in [0.2, 0.25) is 0 Å². The van der Waals surface area contributed by atoms with Crippen molar-refractivity contribution in [2.24, 2.45) is 0 Å². The number of carbonyl (C=O) groups is 1. The predicted molar refractivity (Wildman–Crippen MR) is 125 cm³/mol. The standard InChI is InChI=1S/C23H25N5O3S/c1-16-22(10-20(13-25-16)19-8-9-24-23(11-19)27-17(2)29)28-14-21(15-32(28,30)31)26-12-18-6-4-3-5-7-18/h3-11,13,21,26H,12,14-15H2,1-2H3,(H,24,27,29). The summed E-state index contributed by atoms with van der Waals surface area (Å²) in [7, 11) is -3.48. The van der Waals surface area contributed by atoms with Gasteiger partial charge in [-0.15, -0.1) is 0 Å². The van der Waals surface area contributed by atoms with E-state index < -0.39 is 10.0 Å². The number of pyridine rings is 2. The lowest BCUT2D eigenvalue weighted by Gasteiger charge is -2.20. The van der Waals surface area contributed by atoms with Gasteiger partial charge in [-0.25, -0.2) is 13.4 Å². The monoisotopic (exact) mass is 451 g/mol. The van der Waals surface area contributed by atoms with Crippen molar-refractivity contribution in [3.63, 3.8) is 0 Å². The molecular formula is C23H25N5O3S. The quantitative estimate of drug-likeness (QED) is 0.597. The zero-order chi connectivity index (χ0) is 22.7. The van der Waals surface area contributed by atoms with Crippen molar-refractivity contribution in [2.75, 3.05) is 21.9 Å². The minimum absolute atomic E-state index is 0.0332. The molecule has 0 saturated carbocycles. The van der Waals surface area contributed by atoms with E-state index in [0.717, 1.165) is 16.7 Å². The molecule has 32 heavy (non-hydrogen) atoms. The first-order valence-electron chi connectivity index (χ1n) is 10.3. The van der Waals surface area contributed by atoms with Crippen molar-refractivity contribution in [2.45, 2.75) is 26.4 Å². The van der Waals surface area contributed by atoms with Gasteiger partial charge in [0.1, 0.15) is 5.82 Å². The van der Waals surface area contributed by atoms with Crippen LogP contribution in [0.5, 0.6) is 0 Å². The smallest absolute Gasteiger partial charge is 0.236 e. The highest BCUT2D eigenvalue weighted by molar-refractivity contribution is 7.93. The Kier molecular flexibility index (Phi) is 6.20. The highest BCUT2D eigenvalue weighted by Crippen LogP contribution is 2.31. The van der Waals surface area contributed by atoms with Crippen molar-refractivity contribution in [3.8, 4) is 11.1 Å². The van der Waals surface area contributed by atoms with Gasteiger partial charge in [-0.05, 0) is 36.2 Å². The lowest BCUT2D eigenvalue weighted by atomic mass is 10.1. The van der Waals surface area contributed by atoms with Crippen LogP contribution in [0, 0.1) is 6.92 Å². The fourth-order valence-corrected chi connectivity index (χ4v) is 5.53. The number of carbonyl (C=O) groups excluding carboxylic acids is 1. The molecule has 0 aliphatic carbocycles. The van der Waals surface area contributed by atoms with Crippen LogP contribution in [0.4, 0.5) is 11.5 Å². The molecule has 1 aromatic carbocycles. The minimum atomic E-state index is -3.48. The molecule has 9 heteroatoms. The van der Waals surface area contributed by atoms with Crippen LogP contribution < -0.4 is 14.9 Å². The van der Waals surface area contributed by atoms with E-state index in [1.807, 2.05) is 36.4 Å². The van der Waals surface area contributed by atoms with Gasteiger partial charge in [-0.1, -0.05) is 30.3 Å². The second kappa shape index (κ2) is 9.05. The predicted octanol–water partition coefficient (Wildman–Crippen LogP) is 2.72. The maximum Gasteiger partial charge on any atom is 0.236 e. The molecule has 2 N–H and O–H groups in total. The highest BCUT2D eigenvalue weighted by atomic mass is 32.2. The number of sulfonamides is 1. The van der Waals surface area contributed by atoms with Crippen LogP contribution in [-0.2, 0) is 21.4 Å². The summed E-state index contributed by atoms with van der Waals surface area (Å²) < 4.78 is 27.4. The Balaban J connectivity index is 1.57. The van der Waals surface area contributed by atoms with Gasteiger partial charge in [0.15, 0.2) is 0 Å². The first kappa shape index (κ1) is 21.9. The Morgan fingerprint density at radius 2 is 1.91 bits per heavy atom. The summed E-state index contributed by atoms with van der Waals surface area (Å²) in [5.74, 6) is 0.247. The molecule has 0 bridgehead atoms. The van der Waals surface area contributed by atoms with E-state index in [1.165, 1.54) is 11.2 Å². The molecular weight excluding hydrogens is 426 g/mol. The second-order valence-corrected chi connectivity index (χ2v) is 9.75. The lowest BCUT2D eigenvalue weighted by Crippen LogP contribution is -2.33.